The SMILES string of the molecule is O=C1c2ccccc2C(=O)C1(Br)c1ccc(Br)cc1. The molecule has 4 heteroatoms. The molecule has 0 spiro atoms. The molecule has 1 aliphatic carbocycles. The molecule has 94 valence electrons. The summed E-state index contributed by atoms with van der Waals surface area (Å²) in [7, 11) is 0. The lowest BCUT2D eigenvalue weighted by atomic mass is 9.94. The van der Waals surface area contributed by atoms with Crippen LogP contribution in [0.1, 0.15) is 26.3 Å². The van der Waals surface area contributed by atoms with Crippen molar-refractivity contribution in [2.24, 2.45) is 0 Å². The van der Waals surface area contributed by atoms with E-state index in [1.54, 1.807) is 36.4 Å². The normalized spacial score (nSPS) is 16.5. The number of halogens is 2. The lowest BCUT2D eigenvalue weighted by Crippen LogP contribution is -2.31. The molecule has 0 aromatic heterocycles. The van der Waals surface area contributed by atoms with E-state index in [1.807, 2.05) is 12.1 Å². The molecule has 2 aromatic carbocycles. The molecule has 19 heavy (non-hydrogen) atoms. The number of benzene rings is 2. The van der Waals surface area contributed by atoms with Crippen LogP contribution >= 0.6 is 31.9 Å². The first-order valence-electron chi connectivity index (χ1n) is 5.68. The second-order valence-corrected chi connectivity index (χ2v) is 6.47. The Balaban J connectivity index is 2.19. The zero-order valence-electron chi connectivity index (χ0n) is 9.69. The standard InChI is InChI=1S/C15H8Br2O2/c16-10-7-5-9(6-8-10)15(17)13(18)11-3-1-2-4-12(11)14(15)19/h1-8H. The van der Waals surface area contributed by atoms with Gasteiger partial charge in [-0.1, -0.05) is 68.3 Å². The van der Waals surface area contributed by atoms with E-state index in [0.717, 1.165) is 4.47 Å². The maximum absolute atomic E-state index is 12.5. The van der Waals surface area contributed by atoms with Crippen LogP contribution in [0.5, 0.6) is 0 Å². The average molecular weight is 380 g/mol. The molecular weight excluding hydrogens is 372 g/mol. The van der Waals surface area contributed by atoms with Crippen LogP contribution in [-0.4, -0.2) is 11.6 Å². The lowest BCUT2D eigenvalue weighted by Gasteiger charge is -2.18. The second-order valence-electron chi connectivity index (χ2n) is 4.37. The number of hydrogen-bond acceptors (Lipinski definition) is 2. The summed E-state index contributed by atoms with van der Waals surface area (Å²) in [6.07, 6.45) is 0. The Morgan fingerprint density at radius 3 is 1.74 bits per heavy atom. The average Bonchev–Trinajstić information content (AvgIpc) is 2.63. The number of rotatable bonds is 1. The molecule has 2 aromatic rings. The minimum Gasteiger partial charge on any atom is -0.292 e. The van der Waals surface area contributed by atoms with E-state index in [0.29, 0.717) is 16.7 Å². The summed E-state index contributed by atoms with van der Waals surface area (Å²) in [5.41, 5.74) is 1.61. The maximum atomic E-state index is 12.5. The van der Waals surface area contributed by atoms with Gasteiger partial charge in [-0.25, -0.2) is 0 Å². The van der Waals surface area contributed by atoms with Crippen molar-refractivity contribution in [3.05, 3.63) is 69.7 Å². The first-order valence-corrected chi connectivity index (χ1v) is 7.27. The zero-order valence-corrected chi connectivity index (χ0v) is 12.9. The highest BCUT2D eigenvalue weighted by Gasteiger charge is 2.52. The predicted molar refractivity (Wildman–Crippen MR) is 79.9 cm³/mol. The van der Waals surface area contributed by atoms with Gasteiger partial charge in [0.1, 0.15) is 0 Å². The number of carbonyl (C=O) groups is 2. The van der Waals surface area contributed by atoms with Gasteiger partial charge in [-0.05, 0) is 17.7 Å². The van der Waals surface area contributed by atoms with Crippen molar-refractivity contribution >= 4 is 43.4 Å². The summed E-state index contributed by atoms with van der Waals surface area (Å²) < 4.78 is -0.375. The summed E-state index contributed by atoms with van der Waals surface area (Å²) in [5.74, 6) is -0.397. The number of alkyl halides is 1. The van der Waals surface area contributed by atoms with E-state index in [9.17, 15) is 9.59 Å². The largest absolute Gasteiger partial charge is 0.292 e. The van der Waals surface area contributed by atoms with Gasteiger partial charge in [-0.3, -0.25) is 9.59 Å². The van der Waals surface area contributed by atoms with E-state index >= 15 is 0 Å². The molecule has 0 aliphatic heterocycles. The lowest BCUT2D eigenvalue weighted by molar-refractivity contribution is 0.0871. The third kappa shape index (κ3) is 1.74. The highest BCUT2D eigenvalue weighted by atomic mass is 79.9. The number of hydrogen-bond donors (Lipinski definition) is 0. The quantitative estimate of drug-likeness (QED) is 0.551. The third-order valence-electron chi connectivity index (χ3n) is 3.28. The van der Waals surface area contributed by atoms with Crippen LogP contribution in [0.15, 0.2) is 53.0 Å². The van der Waals surface area contributed by atoms with Crippen LogP contribution < -0.4 is 0 Å². The number of carbonyl (C=O) groups excluding carboxylic acids is 2. The Bertz CT molecular complexity index is 655. The van der Waals surface area contributed by atoms with Crippen molar-refractivity contribution in [3.8, 4) is 0 Å². The first kappa shape index (κ1) is 12.8. The van der Waals surface area contributed by atoms with Gasteiger partial charge in [0.05, 0.1) is 0 Å². The van der Waals surface area contributed by atoms with Gasteiger partial charge < -0.3 is 0 Å². The first-order chi connectivity index (χ1) is 9.05. The molecule has 0 N–H and O–H groups in total. The molecule has 0 radical (unpaired) electrons. The number of fused-ring (bicyclic) bond motifs is 1. The highest BCUT2D eigenvalue weighted by molar-refractivity contribution is 9.10. The van der Waals surface area contributed by atoms with Crippen molar-refractivity contribution in [2.75, 3.05) is 0 Å². The molecule has 3 rings (SSSR count). The topological polar surface area (TPSA) is 34.1 Å². The van der Waals surface area contributed by atoms with E-state index in [2.05, 4.69) is 31.9 Å². The van der Waals surface area contributed by atoms with Crippen LogP contribution in [0.2, 0.25) is 0 Å². The molecule has 0 fully saturated rings. The molecule has 0 atom stereocenters. The third-order valence-corrected chi connectivity index (χ3v) is 4.99. The minimum atomic E-state index is -1.28. The molecule has 0 saturated carbocycles. The van der Waals surface area contributed by atoms with Crippen molar-refractivity contribution in [2.45, 2.75) is 4.32 Å². The second kappa shape index (κ2) is 4.39. The van der Waals surface area contributed by atoms with Crippen LogP contribution in [0.4, 0.5) is 0 Å². The molecule has 2 nitrogen and oxygen atoms in total. The number of ketones is 2. The summed E-state index contributed by atoms with van der Waals surface area (Å²) in [5, 5.41) is 0. The Kier molecular flexibility index (Phi) is 2.95. The molecule has 0 bridgehead atoms. The van der Waals surface area contributed by atoms with Gasteiger partial charge in [0.25, 0.3) is 0 Å². The van der Waals surface area contributed by atoms with Gasteiger partial charge in [0.15, 0.2) is 15.9 Å². The van der Waals surface area contributed by atoms with Gasteiger partial charge in [-0.15, -0.1) is 0 Å². The van der Waals surface area contributed by atoms with E-state index < -0.39 is 4.32 Å². The van der Waals surface area contributed by atoms with Crippen LogP contribution in [0, 0.1) is 0 Å². The molecule has 0 unspecified atom stereocenters. The Labute approximate surface area is 127 Å². The molecule has 1 aliphatic rings. The van der Waals surface area contributed by atoms with Crippen LogP contribution in [0.3, 0.4) is 0 Å². The van der Waals surface area contributed by atoms with E-state index in [4.69, 9.17) is 0 Å². The van der Waals surface area contributed by atoms with E-state index in [-0.39, 0.29) is 11.6 Å². The van der Waals surface area contributed by atoms with Crippen molar-refractivity contribution in [3.63, 3.8) is 0 Å². The Hall–Kier alpha value is -1.26. The highest BCUT2D eigenvalue weighted by Crippen LogP contribution is 2.44. The molecule has 0 saturated heterocycles. The molecule has 0 heterocycles. The van der Waals surface area contributed by atoms with Crippen LogP contribution in [-0.2, 0) is 4.32 Å². The summed E-state index contributed by atoms with van der Waals surface area (Å²) >= 11 is 6.72. The monoisotopic (exact) mass is 378 g/mol. The fourth-order valence-corrected chi connectivity index (χ4v) is 3.25. The maximum Gasteiger partial charge on any atom is 0.192 e. The Morgan fingerprint density at radius 2 is 1.26 bits per heavy atom. The van der Waals surface area contributed by atoms with Crippen LogP contribution in [0.25, 0.3) is 0 Å². The van der Waals surface area contributed by atoms with E-state index in [1.165, 1.54) is 0 Å². The summed E-state index contributed by atoms with van der Waals surface area (Å²) in [6.45, 7) is 0. The van der Waals surface area contributed by atoms with Crippen molar-refractivity contribution in [1.82, 2.24) is 0 Å². The van der Waals surface area contributed by atoms with Gasteiger partial charge in [0, 0.05) is 15.6 Å². The van der Waals surface area contributed by atoms with Crippen molar-refractivity contribution < 1.29 is 9.59 Å². The minimum absolute atomic E-state index is 0.199. The van der Waals surface area contributed by atoms with Gasteiger partial charge >= 0.3 is 0 Å². The molecule has 0 amide bonds. The summed E-state index contributed by atoms with van der Waals surface area (Å²) in [6, 6.07) is 14.1. The van der Waals surface area contributed by atoms with Gasteiger partial charge in [-0.2, -0.15) is 0 Å². The molecular formula is C15H8Br2O2. The number of Topliss-reactive ketones (excluding diaryl/α,β-unsaturated/α-hetero) is 2. The van der Waals surface area contributed by atoms with Crippen molar-refractivity contribution in [1.29, 1.82) is 0 Å². The fourth-order valence-electron chi connectivity index (χ4n) is 2.30. The zero-order chi connectivity index (χ0) is 13.6. The van der Waals surface area contributed by atoms with Gasteiger partial charge in [0.2, 0.25) is 0 Å². The Morgan fingerprint density at radius 1 is 0.789 bits per heavy atom. The predicted octanol–water partition coefficient (Wildman–Crippen LogP) is 4.12. The summed E-state index contributed by atoms with van der Waals surface area (Å²) in [4.78, 5) is 25.1. The smallest absolute Gasteiger partial charge is 0.192 e. The fraction of sp³-hybridized carbons (Fsp3) is 0.0667.